The van der Waals surface area contributed by atoms with Crippen molar-refractivity contribution in [2.45, 2.75) is 19.8 Å². The Hall–Kier alpha value is -0.810. The minimum absolute atomic E-state index is 0.0688. The molecule has 0 aromatic rings. The molecule has 9 heteroatoms. The average molecular weight is 410 g/mol. The summed E-state index contributed by atoms with van der Waals surface area (Å²) in [5.74, 6) is 0.0688. The largest absolute Gasteiger partial charge is 0.382 e. The zero-order valence-corrected chi connectivity index (χ0v) is 17.6. The summed E-state index contributed by atoms with van der Waals surface area (Å²) in [6, 6.07) is 0. The van der Waals surface area contributed by atoms with Gasteiger partial charge in [-0.25, -0.2) is 0 Å². The maximum Gasteiger partial charge on any atom is 0.220 e. The second kappa shape index (κ2) is 24.2. The smallest absolute Gasteiger partial charge is 0.220 e. The monoisotopic (exact) mass is 409 g/mol. The Morgan fingerprint density at radius 3 is 1.32 bits per heavy atom. The van der Waals surface area contributed by atoms with Crippen LogP contribution in [0.5, 0.6) is 0 Å². The van der Waals surface area contributed by atoms with Crippen LogP contribution in [0.25, 0.3) is 0 Å². The van der Waals surface area contributed by atoms with Gasteiger partial charge in [0.25, 0.3) is 0 Å². The summed E-state index contributed by atoms with van der Waals surface area (Å²) in [6.45, 7) is 9.49. The van der Waals surface area contributed by atoms with Gasteiger partial charge in [0, 0.05) is 20.1 Å². The van der Waals surface area contributed by atoms with Crippen molar-refractivity contribution in [3.8, 4) is 0 Å². The molecule has 0 fully saturated rings. The molecule has 0 aliphatic rings. The highest BCUT2D eigenvalue weighted by Gasteiger charge is 1.97. The van der Waals surface area contributed by atoms with Crippen molar-refractivity contribution >= 4 is 5.91 Å². The van der Waals surface area contributed by atoms with Gasteiger partial charge >= 0.3 is 0 Å². The molecule has 0 aromatic carbocycles. The molecule has 0 bridgehead atoms. The van der Waals surface area contributed by atoms with E-state index < -0.39 is 0 Å². The molecule has 9 nitrogen and oxygen atoms in total. The molecule has 0 atom stereocenters. The molecule has 0 saturated carbocycles. The molecule has 1 N–H and O–H groups in total. The molecule has 0 spiro atoms. The molecular weight excluding hydrogens is 370 g/mol. The van der Waals surface area contributed by atoms with Gasteiger partial charge < -0.3 is 38.5 Å². The first-order valence-corrected chi connectivity index (χ1v) is 10.0. The summed E-state index contributed by atoms with van der Waals surface area (Å²) in [5, 5.41) is 2.79. The lowest BCUT2D eigenvalue weighted by atomic mass is 10.3. The number of methoxy groups -OCH3 is 1. The molecule has 0 rings (SSSR count). The third-order valence-corrected chi connectivity index (χ3v) is 3.34. The highest BCUT2D eigenvalue weighted by atomic mass is 16.6. The number of hydrogen-bond acceptors (Lipinski definition) is 8. The topological polar surface area (TPSA) is 93.7 Å². The fraction of sp³-hybridized carbons (Fsp3) is 0.947. The second-order valence-corrected chi connectivity index (χ2v) is 5.77. The predicted molar refractivity (Wildman–Crippen MR) is 105 cm³/mol. The highest BCUT2D eigenvalue weighted by Crippen LogP contribution is 1.86. The number of carbonyl (C=O) groups excluding carboxylic acids is 1. The first-order valence-electron chi connectivity index (χ1n) is 10.0. The summed E-state index contributed by atoms with van der Waals surface area (Å²) in [5.41, 5.74) is 0. The molecule has 1 amide bonds. The Bertz CT molecular complexity index is 320. The number of rotatable bonds is 23. The van der Waals surface area contributed by atoms with Crippen LogP contribution in [0.4, 0.5) is 0 Å². The summed E-state index contributed by atoms with van der Waals surface area (Å²) in [6.07, 6.45) is 1.42. The van der Waals surface area contributed by atoms with Crippen LogP contribution in [0.1, 0.15) is 19.8 Å². The predicted octanol–water partition coefficient (Wildman–Crippen LogP) is 0.649. The van der Waals surface area contributed by atoms with E-state index in [9.17, 15) is 4.79 Å². The standard InChI is InChI=1S/C19H39NO8/c1-3-4-19(21)20-5-6-23-9-10-25-13-14-27-17-18-28-16-15-26-12-11-24-8-7-22-2/h3-18H2,1-2H3,(H,20,21). The van der Waals surface area contributed by atoms with Gasteiger partial charge in [0.1, 0.15) is 0 Å². The van der Waals surface area contributed by atoms with E-state index >= 15 is 0 Å². The van der Waals surface area contributed by atoms with E-state index in [0.29, 0.717) is 98.9 Å². The number of nitrogens with one attached hydrogen (secondary N) is 1. The van der Waals surface area contributed by atoms with Crippen LogP contribution in [0.2, 0.25) is 0 Å². The van der Waals surface area contributed by atoms with Gasteiger partial charge in [-0.1, -0.05) is 6.92 Å². The summed E-state index contributed by atoms with van der Waals surface area (Å²) < 4.78 is 37.0. The van der Waals surface area contributed by atoms with E-state index in [4.69, 9.17) is 33.2 Å². The third kappa shape index (κ3) is 23.2. The lowest BCUT2D eigenvalue weighted by molar-refractivity contribution is -0.121. The van der Waals surface area contributed by atoms with Gasteiger partial charge in [-0.2, -0.15) is 0 Å². The van der Waals surface area contributed by atoms with E-state index in [-0.39, 0.29) is 5.91 Å². The molecule has 0 aliphatic heterocycles. The van der Waals surface area contributed by atoms with Crippen molar-refractivity contribution in [3.05, 3.63) is 0 Å². The van der Waals surface area contributed by atoms with Crippen LogP contribution in [-0.2, 0) is 38.0 Å². The normalized spacial score (nSPS) is 11.1. The lowest BCUT2D eigenvalue weighted by Gasteiger charge is -2.08. The summed E-state index contributed by atoms with van der Waals surface area (Å²) >= 11 is 0. The van der Waals surface area contributed by atoms with Crippen molar-refractivity contribution in [1.29, 1.82) is 0 Å². The Morgan fingerprint density at radius 1 is 0.607 bits per heavy atom. The molecule has 0 aromatic heterocycles. The van der Waals surface area contributed by atoms with Crippen LogP contribution in [0.3, 0.4) is 0 Å². The van der Waals surface area contributed by atoms with Gasteiger partial charge in [0.2, 0.25) is 5.91 Å². The van der Waals surface area contributed by atoms with E-state index in [2.05, 4.69) is 5.32 Å². The molecule has 0 aliphatic carbocycles. The first kappa shape index (κ1) is 27.2. The molecule has 0 unspecified atom stereocenters. The molecule has 28 heavy (non-hydrogen) atoms. The van der Waals surface area contributed by atoms with Crippen LogP contribution in [0, 0.1) is 0 Å². The molecule has 168 valence electrons. The maximum absolute atomic E-state index is 11.2. The number of amides is 1. The Kier molecular flexibility index (Phi) is 23.5. The summed E-state index contributed by atoms with van der Waals surface area (Å²) in [7, 11) is 1.64. The number of ether oxygens (including phenoxy) is 7. The van der Waals surface area contributed by atoms with Gasteiger partial charge in [-0.15, -0.1) is 0 Å². The van der Waals surface area contributed by atoms with Crippen LogP contribution in [0.15, 0.2) is 0 Å². The minimum Gasteiger partial charge on any atom is -0.382 e. The molecular formula is C19H39NO8. The maximum atomic E-state index is 11.2. The van der Waals surface area contributed by atoms with Gasteiger partial charge in [0.05, 0.1) is 85.9 Å². The fourth-order valence-electron chi connectivity index (χ4n) is 1.92. The Labute approximate surface area is 169 Å². The van der Waals surface area contributed by atoms with Crippen molar-refractivity contribution in [3.63, 3.8) is 0 Å². The Morgan fingerprint density at radius 2 is 0.964 bits per heavy atom. The zero-order chi connectivity index (χ0) is 20.5. The zero-order valence-electron chi connectivity index (χ0n) is 17.6. The van der Waals surface area contributed by atoms with Crippen LogP contribution < -0.4 is 5.32 Å². The van der Waals surface area contributed by atoms with Crippen molar-refractivity contribution in [2.24, 2.45) is 0 Å². The lowest BCUT2D eigenvalue weighted by Crippen LogP contribution is -2.27. The van der Waals surface area contributed by atoms with E-state index in [0.717, 1.165) is 6.42 Å². The SMILES string of the molecule is CCCC(=O)NCCOCCOCCOCCOCCOCCOCCOC. The van der Waals surface area contributed by atoms with E-state index in [1.807, 2.05) is 6.92 Å². The van der Waals surface area contributed by atoms with Gasteiger partial charge in [0.15, 0.2) is 0 Å². The average Bonchev–Trinajstić information content (AvgIpc) is 2.69. The van der Waals surface area contributed by atoms with Crippen molar-refractivity contribution in [1.82, 2.24) is 5.32 Å². The minimum atomic E-state index is 0.0688. The van der Waals surface area contributed by atoms with E-state index in [1.165, 1.54) is 0 Å². The molecule has 0 heterocycles. The quantitative estimate of drug-likeness (QED) is 0.246. The fourth-order valence-corrected chi connectivity index (χ4v) is 1.92. The number of hydrogen-bond donors (Lipinski definition) is 1. The first-order chi connectivity index (χ1) is 13.8. The second-order valence-electron chi connectivity index (χ2n) is 5.77. The molecule has 0 saturated heterocycles. The number of carbonyl (C=O) groups is 1. The van der Waals surface area contributed by atoms with Crippen LogP contribution >= 0.6 is 0 Å². The van der Waals surface area contributed by atoms with Gasteiger partial charge in [-0.05, 0) is 6.42 Å². The Balaban J connectivity index is 3.02. The molecule has 0 radical (unpaired) electrons. The van der Waals surface area contributed by atoms with Crippen molar-refractivity contribution < 1.29 is 38.0 Å². The summed E-state index contributed by atoms with van der Waals surface area (Å²) in [4.78, 5) is 11.2. The van der Waals surface area contributed by atoms with Crippen molar-refractivity contribution in [2.75, 3.05) is 99.5 Å². The highest BCUT2D eigenvalue weighted by molar-refractivity contribution is 5.75. The van der Waals surface area contributed by atoms with Crippen LogP contribution in [-0.4, -0.2) is 105 Å². The van der Waals surface area contributed by atoms with E-state index in [1.54, 1.807) is 7.11 Å². The van der Waals surface area contributed by atoms with Gasteiger partial charge in [-0.3, -0.25) is 4.79 Å². The third-order valence-electron chi connectivity index (χ3n) is 3.34.